The molecule has 3 rings (SSSR count). The van der Waals surface area contributed by atoms with E-state index in [9.17, 15) is 19.1 Å². The van der Waals surface area contributed by atoms with Crippen molar-refractivity contribution in [3.8, 4) is 5.75 Å². The number of methoxy groups -OCH3 is 1. The molecule has 6 heteroatoms. The Morgan fingerprint density at radius 1 is 1.19 bits per heavy atom. The lowest BCUT2D eigenvalue weighted by Gasteiger charge is -2.17. The van der Waals surface area contributed by atoms with Crippen LogP contribution in [0.2, 0.25) is 0 Å². The van der Waals surface area contributed by atoms with Crippen LogP contribution in [0.4, 0.5) is 4.39 Å². The third-order valence-corrected chi connectivity index (χ3v) is 4.79. The molecule has 0 spiro atoms. The highest BCUT2D eigenvalue weighted by atomic mass is 19.1. The number of nitrogens with zero attached hydrogens (tertiary/aromatic N) is 1. The number of rotatable bonds is 5. The van der Waals surface area contributed by atoms with Gasteiger partial charge in [0.05, 0.1) is 19.4 Å². The summed E-state index contributed by atoms with van der Waals surface area (Å²) in [6, 6.07) is 13.7. The van der Waals surface area contributed by atoms with Gasteiger partial charge in [-0.05, 0) is 23.3 Å². The molecule has 0 aliphatic carbocycles. The van der Waals surface area contributed by atoms with Gasteiger partial charge in [0, 0.05) is 19.0 Å². The van der Waals surface area contributed by atoms with Crippen LogP contribution in [-0.2, 0) is 16.0 Å². The third kappa shape index (κ3) is 3.69. The Bertz CT molecular complexity index is 809. The minimum atomic E-state index is -0.912. The number of carboxylic acids is 1. The fourth-order valence-corrected chi connectivity index (χ4v) is 3.40. The first-order chi connectivity index (χ1) is 12.5. The molecular formula is C20H20FNO4. The van der Waals surface area contributed by atoms with E-state index in [1.165, 1.54) is 19.2 Å². The van der Waals surface area contributed by atoms with Crippen molar-refractivity contribution in [3.63, 3.8) is 0 Å². The molecule has 1 fully saturated rings. The minimum absolute atomic E-state index is 0.0226. The van der Waals surface area contributed by atoms with Crippen molar-refractivity contribution < 1.29 is 23.8 Å². The predicted molar refractivity (Wildman–Crippen MR) is 93.5 cm³/mol. The van der Waals surface area contributed by atoms with Crippen LogP contribution in [0.5, 0.6) is 5.75 Å². The van der Waals surface area contributed by atoms with Gasteiger partial charge >= 0.3 is 5.97 Å². The summed E-state index contributed by atoms with van der Waals surface area (Å²) >= 11 is 0. The molecule has 1 heterocycles. The predicted octanol–water partition coefficient (Wildman–Crippen LogP) is 2.70. The molecule has 1 aliphatic rings. The van der Waals surface area contributed by atoms with Crippen molar-refractivity contribution in [2.24, 2.45) is 5.92 Å². The summed E-state index contributed by atoms with van der Waals surface area (Å²) in [5, 5.41) is 9.53. The number of amides is 1. The first-order valence-corrected chi connectivity index (χ1v) is 8.37. The third-order valence-electron chi connectivity index (χ3n) is 4.79. The lowest BCUT2D eigenvalue weighted by molar-refractivity contribution is -0.141. The zero-order valence-electron chi connectivity index (χ0n) is 14.4. The molecule has 1 aliphatic heterocycles. The maximum Gasteiger partial charge on any atom is 0.308 e. The first kappa shape index (κ1) is 17.9. The zero-order valence-corrected chi connectivity index (χ0v) is 14.4. The van der Waals surface area contributed by atoms with Crippen LogP contribution in [0.3, 0.4) is 0 Å². The molecule has 0 radical (unpaired) electrons. The van der Waals surface area contributed by atoms with Gasteiger partial charge in [0.2, 0.25) is 5.91 Å². The Hall–Kier alpha value is -2.89. The summed E-state index contributed by atoms with van der Waals surface area (Å²) in [5.74, 6) is -2.41. The molecule has 2 aromatic carbocycles. The van der Waals surface area contributed by atoms with Crippen molar-refractivity contribution >= 4 is 11.9 Å². The monoisotopic (exact) mass is 357 g/mol. The molecular weight excluding hydrogens is 337 g/mol. The number of likely N-dealkylation sites (tertiary alicyclic amines) is 1. The van der Waals surface area contributed by atoms with E-state index in [2.05, 4.69) is 0 Å². The smallest absolute Gasteiger partial charge is 0.308 e. The average Bonchev–Trinajstić information content (AvgIpc) is 3.08. The number of hydrogen-bond acceptors (Lipinski definition) is 3. The maximum absolute atomic E-state index is 13.8. The number of halogens is 1. The van der Waals surface area contributed by atoms with Gasteiger partial charge in [0.25, 0.3) is 0 Å². The van der Waals surface area contributed by atoms with E-state index < -0.39 is 17.7 Å². The highest BCUT2D eigenvalue weighted by molar-refractivity contribution is 5.81. The minimum Gasteiger partial charge on any atom is -0.494 e. The second kappa shape index (κ2) is 7.56. The summed E-state index contributed by atoms with van der Waals surface area (Å²) < 4.78 is 18.7. The van der Waals surface area contributed by atoms with Crippen LogP contribution in [0.25, 0.3) is 0 Å². The molecule has 26 heavy (non-hydrogen) atoms. The number of carbonyl (C=O) groups excluding carboxylic acids is 1. The van der Waals surface area contributed by atoms with Crippen LogP contribution in [0.15, 0.2) is 48.5 Å². The fourth-order valence-electron chi connectivity index (χ4n) is 3.40. The second-order valence-corrected chi connectivity index (χ2v) is 6.41. The highest BCUT2D eigenvalue weighted by Crippen LogP contribution is 2.33. The number of hydrogen-bond donors (Lipinski definition) is 1. The Kier molecular flexibility index (Phi) is 5.21. The van der Waals surface area contributed by atoms with Gasteiger partial charge in [-0.15, -0.1) is 0 Å². The maximum atomic E-state index is 13.8. The quantitative estimate of drug-likeness (QED) is 0.893. The molecule has 0 aromatic heterocycles. The van der Waals surface area contributed by atoms with Crippen LogP contribution in [0, 0.1) is 11.7 Å². The van der Waals surface area contributed by atoms with Gasteiger partial charge in [0.1, 0.15) is 0 Å². The topological polar surface area (TPSA) is 66.8 Å². The van der Waals surface area contributed by atoms with Crippen LogP contribution >= 0.6 is 0 Å². The van der Waals surface area contributed by atoms with Crippen LogP contribution < -0.4 is 4.74 Å². The number of aliphatic carboxylic acids is 1. The SMILES string of the molecule is COc1ccc(CC(=O)N2C[C@H](C(=O)O)[C@H](c3ccccc3)C2)cc1F. The molecule has 136 valence electrons. The van der Waals surface area contributed by atoms with Crippen LogP contribution in [-0.4, -0.2) is 42.1 Å². The van der Waals surface area contributed by atoms with Crippen molar-refractivity contribution in [1.82, 2.24) is 4.90 Å². The van der Waals surface area contributed by atoms with E-state index in [1.807, 2.05) is 30.3 Å². The molecule has 2 aromatic rings. The van der Waals surface area contributed by atoms with E-state index in [4.69, 9.17) is 4.74 Å². The Morgan fingerprint density at radius 2 is 1.92 bits per heavy atom. The van der Waals surface area contributed by atoms with Crippen molar-refractivity contribution in [2.45, 2.75) is 12.3 Å². The van der Waals surface area contributed by atoms with Crippen molar-refractivity contribution in [2.75, 3.05) is 20.2 Å². The molecule has 0 bridgehead atoms. The van der Waals surface area contributed by atoms with E-state index in [0.29, 0.717) is 12.1 Å². The van der Waals surface area contributed by atoms with Gasteiger partial charge in [-0.2, -0.15) is 0 Å². The summed E-state index contributed by atoms with van der Waals surface area (Å²) in [6.45, 7) is 0.505. The van der Waals surface area contributed by atoms with Gasteiger partial charge in [-0.3, -0.25) is 9.59 Å². The van der Waals surface area contributed by atoms with E-state index in [-0.39, 0.29) is 30.5 Å². The lowest BCUT2D eigenvalue weighted by atomic mass is 9.89. The molecule has 2 atom stereocenters. The van der Waals surface area contributed by atoms with E-state index in [1.54, 1.807) is 11.0 Å². The summed E-state index contributed by atoms with van der Waals surface area (Å²) in [5.41, 5.74) is 1.44. The Morgan fingerprint density at radius 3 is 2.54 bits per heavy atom. The highest BCUT2D eigenvalue weighted by Gasteiger charge is 2.40. The number of ether oxygens (including phenoxy) is 1. The summed E-state index contributed by atoms with van der Waals surface area (Å²) in [4.78, 5) is 25.8. The van der Waals surface area contributed by atoms with Crippen molar-refractivity contribution in [3.05, 3.63) is 65.5 Å². The molecule has 0 saturated carbocycles. The largest absolute Gasteiger partial charge is 0.494 e. The zero-order chi connectivity index (χ0) is 18.7. The molecule has 5 nitrogen and oxygen atoms in total. The Balaban J connectivity index is 1.74. The number of benzene rings is 2. The summed E-state index contributed by atoms with van der Waals surface area (Å²) in [6.07, 6.45) is 0.0226. The summed E-state index contributed by atoms with van der Waals surface area (Å²) in [7, 11) is 1.38. The van der Waals surface area contributed by atoms with E-state index in [0.717, 1.165) is 5.56 Å². The van der Waals surface area contributed by atoms with Crippen LogP contribution in [0.1, 0.15) is 17.0 Å². The molecule has 1 amide bonds. The first-order valence-electron chi connectivity index (χ1n) is 8.37. The fraction of sp³-hybridized carbons (Fsp3) is 0.300. The van der Waals surface area contributed by atoms with Crippen molar-refractivity contribution in [1.29, 1.82) is 0 Å². The molecule has 0 unspecified atom stereocenters. The van der Waals surface area contributed by atoms with Gasteiger partial charge in [0.15, 0.2) is 11.6 Å². The number of carbonyl (C=O) groups is 2. The van der Waals surface area contributed by atoms with E-state index >= 15 is 0 Å². The van der Waals surface area contributed by atoms with Gasteiger partial charge in [-0.25, -0.2) is 4.39 Å². The average molecular weight is 357 g/mol. The second-order valence-electron chi connectivity index (χ2n) is 6.41. The number of carboxylic acid groups (broad SMARTS) is 1. The lowest BCUT2D eigenvalue weighted by Crippen LogP contribution is -2.31. The standard InChI is InChI=1S/C20H20FNO4/c1-26-18-8-7-13(9-17(18)21)10-19(23)22-11-15(16(12-22)20(24)25)14-5-3-2-4-6-14/h2-9,15-16H,10-12H2,1H3,(H,24,25)/t15-,16-/m0/s1. The molecule has 1 N–H and O–H groups in total. The Labute approximate surface area is 151 Å². The molecule has 1 saturated heterocycles. The van der Waals surface area contributed by atoms with Gasteiger partial charge < -0.3 is 14.7 Å². The normalized spacial score (nSPS) is 19.4. The van der Waals surface area contributed by atoms with Gasteiger partial charge in [-0.1, -0.05) is 36.4 Å².